The zero-order valence-electron chi connectivity index (χ0n) is 13.8. The minimum absolute atomic E-state index is 0.0724. The van der Waals surface area contributed by atoms with E-state index >= 15 is 0 Å². The molecule has 4 bridgehead atoms. The van der Waals surface area contributed by atoms with Crippen LogP contribution in [0, 0.1) is 16.7 Å². The predicted octanol–water partition coefficient (Wildman–Crippen LogP) is 2.09. The van der Waals surface area contributed by atoms with E-state index in [1.807, 2.05) is 0 Å². The smallest absolute Gasteiger partial charge is 0.234 e. The Hall–Kier alpha value is -0.610. The van der Waals surface area contributed by atoms with Crippen molar-refractivity contribution in [2.24, 2.45) is 16.7 Å². The molecule has 2 unspecified atom stereocenters. The van der Waals surface area contributed by atoms with Gasteiger partial charge >= 0.3 is 0 Å². The number of amides is 1. The molecule has 21 heavy (non-hydrogen) atoms. The van der Waals surface area contributed by atoms with Crippen LogP contribution in [0.2, 0.25) is 0 Å². The average Bonchev–Trinajstić information content (AvgIpc) is 2.29. The van der Waals surface area contributed by atoms with Crippen molar-refractivity contribution in [2.75, 3.05) is 26.8 Å². The highest BCUT2D eigenvalue weighted by Crippen LogP contribution is 2.66. The lowest BCUT2D eigenvalue weighted by molar-refractivity contribution is -0.139. The lowest BCUT2D eigenvalue weighted by Crippen LogP contribution is -2.65. The molecule has 4 nitrogen and oxygen atoms in total. The maximum atomic E-state index is 12.3. The van der Waals surface area contributed by atoms with E-state index in [4.69, 9.17) is 4.74 Å². The molecule has 0 aromatic rings. The monoisotopic (exact) mass is 294 g/mol. The third-order valence-electron chi connectivity index (χ3n) is 5.80. The van der Waals surface area contributed by atoms with Crippen molar-refractivity contribution in [1.29, 1.82) is 0 Å². The van der Waals surface area contributed by atoms with Gasteiger partial charge < -0.3 is 15.4 Å². The molecule has 1 amide bonds. The second kappa shape index (κ2) is 5.24. The lowest BCUT2D eigenvalue weighted by Gasteiger charge is -2.65. The van der Waals surface area contributed by atoms with Gasteiger partial charge in [-0.25, -0.2) is 0 Å². The van der Waals surface area contributed by atoms with Crippen molar-refractivity contribution in [1.82, 2.24) is 10.6 Å². The van der Waals surface area contributed by atoms with Gasteiger partial charge in [0.05, 0.1) is 13.2 Å². The number of methoxy groups -OCH3 is 1. The summed E-state index contributed by atoms with van der Waals surface area (Å²) in [5.41, 5.74) is 0.971. The van der Waals surface area contributed by atoms with E-state index in [9.17, 15) is 4.79 Å². The third-order valence-corrected chi connectivity index (χ3v) is 5.80. The Morgan fingerprint density at radius 3 is 2.38 bits per heavy atom. The first kappa shape index (κ1) is 15.3. The third kappa shape index (κ3) is 3.11. The van der Waals surface area contributed by atoms with Crippen LogP contribution < -0.4 is 10.6 Å². The summed E-state index contributed by atoms with van der Waals surface area (Å²) >= 11 is 0. The predicted molar refractivity (Wildman–Crippen MR) is 83.0 cm³/mol. The van der Waals surface area contributed by atoms with Crippen molar-refractivity contribution in [3.63, 3.8) is 0 Å². The van der Waals surface area contributed by atoms with Crippen molar-refractivity contribution >= 4 is 5.91 Å². The number of carbonyl (C=O) groups excluding carboxylic acids is 1. The lowest BCUT2D eigenvalue weighted by atomic mass is 9.43. The summed E-state index contributed by atoms with van der Waals surface area (Å²) in [5, 5.41) is 6.56. The van der Waals surface area contributed by atoms with E-state index in [1.54, 1.807) is 7.11 Å². The van der Waals surface area contributed by atoms with Crippen LogP contribution in [0.3, 0.4) is 0 Å². The van der Waals surface area contributed by atoms with E-state index in [1.165, 1.54) is 38.5 Å². The average molecular weight is 294 g/mol. The highest BCUT2D eigenvalue weighted by Gasteiger charge is 2.60. The molecule has 4 rings (SSSR count). The molecule has 4 aliphatic carbocycles. The Morgan fingerprint density at radius 2 is 1.81 bits per heavy atom. The normalized spacial score (nSPS) is 44.0. The van der Waals surface area contributed by atoms with Crippen molar-refractivity contribution in [2.45, 2.75) is 57.9 Å². The van der Waals surface area contributed by atoms with Gasteiger partial charge in [0.1, 0.15) is 0 Å². The van der Waals surface area contributed by atoms with Gasteiger partial charge in [-0.15, -0.1) is 0 Å². The molecular weight excluding hydrogens is 264 g/mol. The fourth-order valence-corrected chi connectivity index (χ4v) is 6.30. The summed E-state index contributed by atoms with van der Waals surface area (Å²) in [5.74, 6) is 0.971. The van der Waals surface area contributed by atoms with Crippen LogP contribution in [0.5, 0.6) is 0 Å². The highest BCUT2D eigenvalue weighted by molar-refractivity contribution is 5.79. The second-order valence-corrected chi connectivity index (χ2v) is 8.63. The van der Waals surface area contributed by atoms with Crippen molar-refractivity contribution < 1.29 is 9.53 Å². The molecule has 0 aromatic heterocycles. The molecule has 0 radical (unpaired) electrons. The zero-order valence-corrected chi connectivity index (χ0v) is 13.8. The molecular formula is C17H30N2O2. The Balaban J connectivity index is 1.61. The zero-order chi connectivity index (χ0) is 15.1. The molecule has 0 aliphatic heterocycles. The van der Waals surface area contributed by atoms with Crippen LogP contribution in [0.1, 0.15) is 52.4 Å². The van der Waals surface area contributed by atoms with Gasteiger partial charge in [0.25, 0.3) is 0 Å². The SMILES string of the molecule is COCCNCC(=O)NC12CC3CC(C)(CC(C)(C3)C1)C2. The summed E-state index contributed by atoms with van der Waals surface area (Å²) in [4.78, 5) is 12.3. The topological polar surface area (TPSA) is 50.4 Å². The Bertz CT molecular complexity index is 405. The van der Waals surface area contributed by atoms with Crippen LogP contribution in [-0.2, 0) is 9.53 Å². The van der Waals surface area contributed by atoms with Gasteiger partial charge in [0.15, 0.2) is 0 Å². The van der Waals surface area contributed by atoms with Gasteiger partial charge in [-0.2, -0.15) is 0 Å². The number of carbonyl (C=O) groups is 1. The van der Waals surface area contributed by atoms with Crippen molar-refractivity contribution in [3.05, 3.63) is 0 Å². The summed E-state index contributed by atoms with van der Waals surface area (Å²) in [6.45, 7) is 6.66. The number of hydrogen-bond acceptors (Lipinski definition) is 3. The van der Waals surface area contributed by atoms with Gasteiger partial charge in [-0.3, -0.25) is 4.79 Å². The maximum Gasteiger partial charge on any atom is 0.234 e. The molecule has 4 heteroatoms. The molecule has 0 aromatic carbocycles. The summed E-state index contributed by atoms with van der Waals surface area (Å²) in [6.07, 6.45) is 7.63. The van der Waals surface area contributed by atoms with Crippen LogP contribution >= 0.6 is 0 Å². The molecule has 0 saturated heterocycles. The molecule has 120 valence electrons. The quantitative estimate of drug-likeness (QED) is 0.738. The Labute approximate surface area is 128 Å². The fourth-order valence-electron chi connectivity index (χ4n) is 6.30. The minimum Gasteiger partial charge on any atom is -0.383 e. The van der Waals surface area contributed by atoms with Gasteiger partial charge in [-0.05, 0) is 55.3 Å². The number of rotatable bonds is 6. The summed E-state index contributed by atoms with van der Waals surface area (Å²) in [7, 11) is 1.68. The molecule has 2 N–H and O–H groups in total. The van der Waals surface area contributed by atoms with Gasteiger partial charge in [0, 0.05) is 19.2 Å². The van der Waals surface area contributed by atoms with E-state index in [-0.39, 0.29) is 11.4 Å². The largest absolute Gasteiger partial charge is 0.383 e. The molecule has 0 spiro atoms. The van der Waals surface area contributed by atoms with E-state index < -0.39 is 0 Å². The summed E-state index contributed by atoms with van der Waals surface area (Å²) < 4.78 is 4.99. The second-order valence-electron chi connectivity index (χ2n) is 8.63. The fraction of sp³-hybridized carbons (Fsp3) is 0.941. The standard InChI is InChI=1S/C17H30N2O2/c1-15-6-13-7-16(2,10-15)12-17(8-13,11-15)19-14(20)9-18-4-5-21-3/h13,18H,4-12H2,1-3H3,(H,19,20). The molecule has 4 saturated carbocycles. The first-order chi connectivity index (χ1) is 9.86. The van der Waals surface area contributed by atoms with Crippen molar-refractivity contribution in [3.8, 4) is 0 Å². The first-order valence-electron chi connectivity index (χ1n) is 8.37. The summed E-state index contributed by atoms with van der Waals surface area (Å²) in [6, 6.07) is 0. The van der Waals surface area contributed by atoms with E-state index in [2.05, 4.69) is 24.5 Å². The van der Waals surface area contributed by atoms with Crippen LogP contribution in [0.4, 0.5) is 0 Å². The van der Waals surface area contributed by atoms with Gasteiger partial charge in [-0.1, -0.05) is 13.8 Å². The Morgan fingerprint density at radius 1 is 1.14 bits per heavy atom. The first-order valence-corrected chi connectivity index (χ1v) is 8.37. The van der Waals surface area contributed by atoms with Crippen LogP contribution in [0.25, 0.3) is 0 Å². The van der Waals surface area contributed by atoms with Crippen LogP contribution in [0.15, 0.2) is 0 Å². The number of hydrogen-bond donors (Lipinski definition) is 2. The molecule has 0 heterocycles. The molecule has 2 atom stereocenters. The maximum absolute atomic E-state index is 12.3. The van der Waals surface area contributed by atoms with Crippen LogP contribution in [-0.4, -0.2) is 38.3 Å². The van der Waals surface area contributed by atoms with E-state index in [0.29, 0.717) is 24.0 Å². The minimum atomic E-state index is 0.0724. The number of ether oxygens (including phenoxy) is 1. The number of nitrogens with one attached hydrogen (secondary N) is 2. The van der Waals surface area contributed by atoms with Gasteiger partial charge in [0.2, 0.25) is 5.91 Å². The molecule has 4 fully saturated rings. The Kier molecular flexibility index (Phi) is 3.81. The molecule has 4 aliphatic rings. The highest BCUT2D eigenvalue weighted by atomic mass is 16.5. The van der Waals surface area contributed by atoms with E-state index in [0.717, 1.165) is 12.5 Å².